The molecule has 0 bridgehead atoms. The highest BCUT2D eigenvalue weighted by Crippen LogP contribution is 2.25. The van der Waals surface area contributed by atoms with Crippen LogP contribution in [0.3, 0.4) is 0 Å². The van der Waals surface area contributed by atoms with E-state index in [9.17, 15) is 4.79 Å². The molecule has 6 nitrogen and oxygen atoms in total. The highest BCUT2D eigenvalue weighted by atomic mass is 16.2. The van der Waals surface area contributed by atoms with Gasteiger partial charge in [-0.2, -0.15) is 5.10 Å². The molecule has 6 heteroatoms. The van der Waals surface area contributed by atoms with Crippen molar-refractivity contribution in [1.29, 1.82) is 0 Å². The van der Waals surface area contributed by atoms with E-state index < -0.39 is 0 Å². The number of amides is 1. The van der Waals surface area contributed by atoms with Gasteiger partial charge in [0.2, 0.25) is 0 Å². The Labute approximate surface area is 130 Å². The molecule has 1 fully saturated rings. The van der Waals surface area contributed by atoms with Crippen LogP contribution in [0, 0.1) is 6.92 Å². The normalized spacial score (nSPS) is 20.4. The number of piperidine rings is 1. The fourth-order valence-corrected chi connectivity index (χ4v) is 3.33. The molecule has 1 aliphatic rings. The number of hydrogen-bond acceptors (Lipinski definition) is 4. The molecule has 0 spiro atoms. The second-order valence-corrected chi connectivity index (χ2v) is 6.24. The Morgan fingerprint density at radius 1 is 1.45 bits per heavy atom. The lowest BCUT2D eigenvalue weighted by Gasteiger charge is -2.38. The minimum absolute atomic E-state index is 0.0171. The van der Waals surface area contributed by atoms with Gasteiger partial charge in [0.25, 0.3) is 5.91 Å². The SMILES string of the molecule is Cc1cc(C(=O)N2CCCC[C@H]2[C@H](C)N)c2cnn(C)c2n1. The monoisotopic (exact) mass is 301 g/mol. The van der Waals surface area contributed by atoms with Gasteiger partial charge in [0.05, 0.1) is 17.1 Å². The first-order chi connectivity index (χ1) is 10.5. The van der Waals surface area contributed by atoms with Crippen LogP contribution in [0.15, 0.2) is 12.3 Å². The number of carbonyl (C=O) groups excluding carboxylic acids is 1. The first-order valence-electron chi connectivity index (χ1n) is 7.85. The summed E-state index contributed by atoms with van der Waals surface area (Å²) < 4.78 is 1.71. The summed E-state index contributed by atoms with van der Waals surface area (Å²) >= 11 is 0. The molecule has 0 radical (unpaired) electrons. The van der Waals surface area contributed by atoms with Crippen LogP contribution >= 0.6 is 0 Å². The Morgan fingerprint density at radius 3 is 2.95 bits per heavy atom. The smallest absolute Gasteiger partial charge is 0.255 e. The van der Waals surface area contributed by atoms with E-state index >= 15 is 0 Å². The zero-order valence-electron chi connectivity index (χ0n) is 13.4. The van der Waals surface area contributed by atoms with E-state index in [1.165, 1.54) is 0 Å². The lowest BCUT2D eigenvalue weighted by molar-refractivity contribution is 0.0585. The number of aryl methyl sites for hydroxylation is 2. The largest absolute Gasteiger partial charge is 0.334 e. The predicted octanol–water partition coefficient (Wildman–Crippen LogP) is 1.62. The molecular formula is C16H23N5O. The fraction of sp³-hybridized carbons (Fsp3) is 0.562. The van der Waals surface area contributed by atoms with Gasteiger partial charge >= 0.3 is 0 Å². The topological polar surface area (TPSA) is 77.0 Å². The lowest BCUT2D eigenvalue weighted by Crippen LogP contribution is -2.51. The van der Waals surface area contributed by atoms with Crippen molar-refractivity contribution < 1.29 is 4.79 Å². The number of fused-ring (bicyclic) bond motifs is 1. The van der Waals surface area contributed by atoms with Crippen LogP contribution in [0.1, 0.15) is 42.2 Å². The van der Waals surface area contributed by atoms with Gasteiger partial charge in [0.1, 0.15) is 0 Å². The first kappa shape index (κ1) is 15.0. The van der Waals surface area contributed by atoms with Crippen molar-refractivity contribution in [3.63, 3.8) is 0 Å². The van der Waals surface area contributed by atoms with Gasteiger partial charge in [-0.05, 0) is 39.2 Å². The van der Waals surface area contributed by atoms with Gasteiger partial charge in [-0.25, -0.2) is 4.98 Å². The van der Waals surface area contributed by atoms with E-state index in [0.717, 1.165) is 42.5 Å². The van der Waals surface area contributed by atoms with Crippen LogP contribution < -0.4 is 5.73 Å². The summed E-state index contributed by atoms with van der Waals surface area (Å²) in [6, 6.07) is 1.96. The van der Waals surface area contributed by atoms with Gasteiger partial charge < -0.3 is 10.6 Å². The number of pyridine rings is 1. The van der Waals surface area contributed by atoms with E-state index in [-0.39, 0.29) is 18.0 Å². The summed E-state index contributed by atoms with van der Waals surface area (Å²) in [7, 11) is 1.84. The van der Waals surface area contributed by atoms with Crippen LogP contribution in [-0.2, 0) is 7.05 Å². The van der Waals surface area contributed by atoms with Crippen molar-refractivity contribution in [2.45, 2.75) is 45.2 Å². The summed E-state index contributed by atoms with van der Waals surface area (Å²) in [6.07, 6.45) is 4.87. The van der Waals surface area contributed by atoms with Gasteiger partial charge in [0, 0.05) is 31.4 Å². The van der Waals surface area contributed by atoms with E-state index in [1.807, 2.05) is 31.9 Å². The molecular weight excluding hydrogens is 278 g/mol. The van der Waals surface area contributed by atoms with Crippen molar-refractivity contribution in [2.75, 3.05) is 6.54 Å². The van der Waals surface area contributed by atoms with Gasteiger partial charge in [0.15, 0.2) is 5.65 Å². The maximum atomic E-state index is 13.1. The molecule has 0 aliphatic carbocycles. The third-order valence-electron chi connectivity index (χ3n) is 4.48. The van der Waals surface area contributed by atoms with Crippen LogP contribution in [0.5, 0.6) is 0 Å². The maximum absolute atomic E-state index is 13.1. The highest BCUT2D eigenvalue weighted by molar-refractivity contribution is 6.05. The second kappa shape index (κ2) is 5.68. The van der Waals surface area contributed by atoms with Crippen LogP contribution in [0.4, 0.5) is 0 Å². The molecule has 1 amide bonds. The van der Waals surface area contributed by atoms with Crippen molar-refractivity contribution in [3.8, 4) is 0 Å². The molecule has 2 N–H and O–H groups in total. The maximum Gasteiger partial charge on any atom is 0.255 e. The summed E-state index contributed by atoms with van der Waals surface area (Å²) in [5, 5.41) is 5.05. The van der Waals surface area contributed by atoms with Crippen molar-refractivity contribution in [1.82, 2.24) is 19.7 Å². The molecule has 1 aliphatic heterocycles. The zero-order valence-corrected chi connectivity index (χ0v) is 13.4. The van der Waals surface area contributed by atoms with Gasteiger partial charge in [-0.1, -0.05) is 0 Å². The first-order valence-corrected chi connectivity index (χ1v) is 7.85. The molecule has 0 saturated carbocycles. The third kappa shape index (κ3) is 2.47. The molecule has 3 rings (SSSR count). The van der Waals surface area contributed by atoms with Crippen LogP contribution in [0.25, 0.3) is 11.0 Å². The molecule has 0 aromatic carbocycles. The van der Waals surface area contributed by atoms with E-state index in [0.29, 0.717) is 5.56 Å². The predicted molar refractivity (Wildman–Crippen MR) is 85.6 cm³/mol. The number of aromatic nitrogens is 3. The standard InChI is InChI=1S/C16H23N5O/c1-10-8-12(13-9-18-20(3)15(13)19-10)16(22)21-7-5-4-6-14(21)11(2)17/h8-9,11,14H,4-7,17H2,1-3H3/t11-,14-/m0/s1. The van der Waals surface area contributed by atoms with Crippen LogP contribution in [0.2, 0.25) is 0 Å². The number of nitrogens with zero attached hydrogens (tertiary/aromatic N) is 4. The molecule has 3 heterocycles. The number of rotatable bonds is 2. The minimum Gasteiger partial charge on any atom is -0.334 e. The molecule has 22 heavy (non-hydrogen) atoms. The summed E-state index contributed by atoms with van der Waals surface area (Å²) in [5.74, 6) is 0.0468. The van der Waals surface area contributed by atoms with Gasteiger partial charge in [-0.15, -0.1) is 0 Å². The molecule has 118 valence electrons. The number of likely N-dealkylation sites (tertiary alicyclic amines) is 1. The molecule has 0 unspecified atom stereocenters. The van der Waals surface area contributed by atoms with Crippen LogP contribution in [-0.4, -0.2) is 44.2 Å². The zero-order chi connectivity index (χ0) is 15.9. The van der Waals surface area contributed by atoms with E-state index in [1.54, 1.807) is 10.9 Å². The minimum atomic E-state index is -0.0171. The number of carbonyl (C=O) groups is 1. The van der Waals surface area contributed by atoms with E-state index in [4.69, 9.17) is 5.73 Å². The number of nitrogens with two attached hydrogens (primary N) is 1. The molecule has 2 aromatic heterocycles. The Kier molecular flexibility index (Phi) is 3.87. The molecule has 1 saturated heterocycles. The summed E-state index contributed by atoms with van der Waals surface area (Å²) in [4.78, 5) is 19.5. The molecule has 2 aromatic rings. The van der Waals surface area contributed by atoms with Crippen molar-refractivity contribution >= 4 is 16.9 Å². The average Bonchev–Trinajstić information content (AvgIpc) is 2.87. The molecule has 2 atom stereocenters. The average molecular weight is 301 g/mol. The fourth-order valence-electron chi connectivity index (χ4n) is 3.33. The highest BCUT2D eigenvalue weighted by Gasteiger charge is 2.31. The Balaban J connectivity index is 2.04. The quantitative estimate of drug-likeness (QED) is 0.914. The Hall–Kier alpha value is -1.95. The Bertz CT molecular complexity index is 706. The van der Waals surface area contributed by atoms with Crippen molar-refractivity contribution in [3.05, 3.63) is 23.5 Å². The van der Waals surface area contributed by atoms with Crippen molar-refractivity contribution in [2.24, 2.45) is 12.8 Å². The third-order valence-corrected chi connectivity index (χ3v) is 4.48. The van der Waals surface area contributed by atoms with Gasteiger partial charge in [-0.3, -0.25) is 9.48 Å². The Morgan fingerprint density at radius 2 is 2.23 bits per heavy atom. The summed E-state index contributed by atoms with van der Waals surface area (Å²) in [5.41, 5.74) is 8.36. The second-order valence-electron chi connectivity index (χ2n) is 6.24. The summed E-state index contributed by atoms with van der Waals surface area (Å²) in [6.45, 7) is 4.66. The lowest BCUT2D eigenvalue weighted by atomic mass is 9.95. The number of hydrogen-bond donors (Lipinski definition) is 1. The van der Waals surface area contributed by atoms with E-state index in [2.05, 4.69) is 10.1 Å².